The van der Waals surface area contributed by atoms with Crippen molar-refractivity contribution >= 4 is 0 Å². The summed E-state index contributed by atoms with van der Waals surface area (Å²) in [7, 11) is 0. The van der Waals surface area contributed by atoms with E-state index in [2.05, 4.69) is 46.1 Å². The first-order chi connectivity index (χ1) is 12.0. The third-order valence-corrected chi connectivity index (χ3v) is 5.32. The van der Waals surface area contributed by atoms with Crippen LogP contribution in [0.3, 0.4) is 0 Å². The Morgan fingerprint density at radius 1 is 1.16 bits per heavy atom. The van der Waals surface area contributed by atoms with E-state index >= 15 is 0 Å². The van der Waals surface area contributed by atoms with Gasteiger partial charge in [-0.15, -0.1) is 0 Å². The van der Waals surface area contributed by atoms with Crippen LogP contribution in [0.1, 0.15) is 41.6 Å². The van der Waals surface area contributed by atoms with Crippen LogP contribution in [0.5, 0.6) is 0 Å². The average Bonchev–Trinajstić information content (AvgIpc) is 2.58. The first-order valence-corrected chi connectivity index (χ1v) is 9.12. The van der Waals surface area contributed by atoms with Crippen molar-refractivity contribution < 1.29 is 0 Å². The van der Waals surface area contributed by atoms with Crippen LogP contribution >= 0.6 is 0 Å². The van der Waals surface area contributed by atoms with Crippen LogP contribution in [0, 0.1) is 19.8 Å². The molecule has 1 atom stereocenters. The third kappa shape index (κ3) is 4.48. The first kappa shape index (κ1) is 17.7. The van der Waals surface area contributed by atoms with Crippen LogP contribution in [0.25, 0.3) is 0 Å². The number of likely N-dealkylation sites (tertiary alicyclic amines) is 1. The maximum absolute atomic E-state index is 12.1. The van der Waals surface area contributed by atoms with E-state index in [4.69, 9.17) is 0 Å². The van der Waals surface area contributed by atoms with E-state index in [0.717, 1.165) is 19.5 Å². The summed E-state index contributed by atoms with van der Waals surface area (Å²) in [6, 6.07) is 8.60. The minimum absolute atomic E-state index is 0.261. The van der Waals surface area contributed by atoms with E-state index in [1.807, 2.05) is 0 Å². The van der Waals surface area contributed by atoms with Gasteiger partial charge in [-0.1, -0.05) is 24.3 Å². The molecule has 0 aliphatic carbocycles. The average molecular weight is 341 g/mol. The number of nitrogens with one attached hydrogen (secondary N) is 2. The lowest BCUT2D eigenvalue weighted by atomic mass is 9.90. The molecule has 25 heavy (non-hydrogen) atoms. The van der Waals surface area contributed by atoms with Gasteiger partial charge in [-0.25, -0.2) is 4.79 Å². The maximum atomic E-state index is 12.1. The number of hydrogen-bond acceptors (Lipinski definition) is 3. The van der Waals surface area contributed by atoms with Crippen molar-refractivity contribution in [2.75, 3.05) is 13.1 Å². The van der Waals surface area contributed by atoms with Gasteiger partial charge in [0, 0.05) is 18.8 Å². The molecular weight excluding hydrogens is 314 g/mol. The van der Waals surface area contributed by atoms with Gasteiger partial charge >= 0.3 is 5.69 Å². The number of rotatable bonds is 5. The number of aryl methyl sites for hydroxylation is 3. The van der Waals surface area contributed by atoms with Gasteiger partial charge in [0.1, 0.15) is 0 Å². The third-order valence-electron chi connectivity index (χ3n) is 5.32. The second-order valence-corrected chi connectivity index (χ2v) is 7.22. The molecule has 1 aromatic carbocycles. The molecule has 5 heteroatoms. The number of aromatic amines is 2. The van der Waals surface area contributed by atoms with E-state index in [0.29, 0.717) is 23.7 Å². The number of piperidine rings is 1. The number of H-pyrrole nitrogens is 2. The van der Waals surface area contributed by atoms with Gasteiger partial charge in [0.05, 0.1) is 5.56 Å². The van der Waals surface area contributed by atoms with Gasteiger partial charge < -0.3 is 4.98 Å². The first-order valence-electron chi connectivity index (χ1n) is 9.12. The van der Waals surface area contributed by atoms with Crippen LogP contribution in [0.15, 0.2) is 33.9 Å². The van der Waals surface area contributed by atoms with Crippen LogP contribution in [-0.2, 0) is 13.0 Å². The molecule has 3 rings (SSSR count). The lowest BCUT2D eigenvalue weighted by Crippen LogP contribution is -2.38. The minimum Gasteiger partial charge on any atom is -0.311 e. The van der Waals surface area contributed by atoms with E-state index in [-0.39, 0.29) is 5.56 Å². The summed E-state index contributed by atoms with van der Waals surface area (Å²) in [5.74, 6) is 0.663. The highest BCUT2D eigenvalue weighted by Gasteiger charge is 2.21. The van der Waals surface area contributed by atoms with Crippen molar-refractivity contribution in [1.82, 2.24) is 14.9 Å². The van der Waals surface area contributed by atoms with Gasteiger partial charge in [0.25, 0.3) is 5.56 Å². The second-order valence-electron chi connectivity index (χ2n) is 7.22. The predicted octanol–water partition coefficient (Wildman–Crippen LogP) is 2.52. The van der Waals surface area contributed by atoms with E-state index in [1.165, 1.54) is 30.4 Å². The smallest absolute Gasteiger partial charge is 0.311 e. The Bertz CT molecular complexity index is 837. The minimum atomic E-state index is -0.430. The van der Waals surface area contributed by atoms with Crippen LogP contribution in [0.2, 0.25) is 0 Å². The van der Waals surface area contributed by atoms with E-state index in [1.54, 1.807) is 6.92 Å². The van der Waals surface area contributed by atoms with Crippen molar-refractivity contribution in [2.24, 2.45) is 5.92 Å². The van der Waals surface area contributed by atoms with Gasteiger partial charge in [0.2, 0.25) is 0 Å². The SMILES string of the molecule is Cc1ccccc1CC[C@H]1CCCN(Cc2c(C)[nH]c(=O)[nH]c2=O)C1. The molecule has 1 aromatic heterocycles. The Morgan fingerprint density at radius 3 is 2.72 bits per heavy atom. The molecule has 0 amide bonds. The Balaban J connectivity index is 1.61. The topological polar surface area (TPSA) is 69.0 Å². The molecule has 5 nitrogen and oxygen atoms in total. The summed E-state index contributed by atoms with van der Waals surface area (Å²) in [4.78, 5) is 30.8. The molecule has 1 aliphatic rings. The molecule has 2 heterocycles. The van der Waals surface area contributed by atoms with Gasteiger partial charge in [-0.05, 0) is 63.1 Å². The van der Waals surface area contributed by atoms with Gasteiger partial charge in [-0.2, -0.15) is 0 Å². The standard InChI is InChI=1S/C20H27N3O2/c1-14-6-3-4-8-17(14)10-9-16-7-5-11-23(12-16)13-18-15(2)21-20(25)22-19(18)24/h3-4,6,8,16H,5,7,9-13H2,1-2H3,(H2,21,22,24,25)/t16-/m1/s1. The quantitative estimate of drug-likeness (QED) is 0.878. The van der Waals surface area contributed by atoms with Crippen molar-refractivity contribution in [2.45, 2.75) is 46.1 Å². The highest BCUT2D eigenvalue weighted by Crippen LogP contribution is 2.23. The molecule has 0 radical (unpaired) electrons. The fourth-order valence-corrected chi connectivity index (χ4v) is 3.82. The number of benzene rings is 1. The van der Waals surface area contributed by atoms with Crippen LogP contribution in [0.4, 0.5) is 0 Å². The Kier molecular flexibility index (Phi) is 5.53. The molecule has 2 aromatic rings. The Morgan fingerprint density at radius 2 is 1.96 bits per heavy atom. The zero-order chi connectivity index (χ0) is 17.8. The van der Waals surface area contributed by atoms with Crippen molar-refractivity contribution in [3.63, 3.8) is 0 Å². The zero-order valence-electron chi connectivity index (χ0n) is 15.1. The second kappa shape index (κ2) is 7.83. The predicted molar refractivity (Wildman–Crippen MR) is 99.9 cm³/mol. The number of hydrogen-bond donors (Lipinski definition) is 2. The van der Waals surface area contributed by atoms with Gasteiger partial charge in [0.15, 0.2) is 0 Å². The summed E-state index contributed by atoms with van der Waals surface area (Å²) in [6.45, 7) is 6.61. The monoisotopic (exact) mass is 341 g/mol. The molecular formula is C20H27N3O2. The van der Waals surface area contributed by atoms with Gasteiger partial charge in [-0.3, -0.25) is 14.7 Å². The Hall–Kier alpha value is -2.14. The van der Waals surface area contributed by atoms with Crippen LogP contribution < -0.4 is 11.2 Å². The molecule has 0 spiro atoms. The highest BCUT2D eigenvalue weighted by molar-refractivity contribution is 5.25. The number of aromatic nitrogens is 2. The van der Waals surface area contributed by atoms with Crippen molar-refractivity contribution in [3.05, 3.63) is 67.5 Å². The summed E-state index contributed by atoms with van der Waals surface area (Å²) in [5, 5.41) is 0. The number of nitrogens with zero attached hydrogens (tertiary/aromatic N) is 1. The fourth-order valence-electron chi connectivity index (χ4n) is 3.82. The summed E-state index contributed by atoms with van der Waals surface area (Å²) in [5.41, 5.74) is 3.47. The summed E-state index contributed by atoms with van der Waals surface area (Å²) >= 11 is 0. The Labute approximate surface area is 148 Å². The molecule has 2 N–H and O–H groups in total. The van der Waals surface area contributed by atoms with Crippen molar-refractivity contribution in [3.8, 4) is 0 Å². The van der Waals surface area contributed by atoms with E-state index in [9.17, 15) is 9.59 Å². The molecule has 0 unspecified atom stereocenters. The van der Waals surface area contributed by atoms with Crippen molar-refractivity contribution in [1.29, 1.82) is 0 Å². The highest BCUT2D eigenvalue weighted by atomic mass is 16.2. The molecule has 1 saturated heterocycles. The van der Waals surface area contributed by atoms with Crippen LogP contribution in [-0.4, -0.2) is 28.0 Å². The largest absolute Gasteiger partial charge is 0.325 e. The zero-order valence-corrected chi connectivity index (χ0v) is 15.1. The van der Waals surface area contributed by atoms with E-state index < -0.39 is 5.69 Å². The molecule has 0 bridgehead atoms. The molecule has 134 valence electrons. The maximum Gasteiger partial charge on any atom is 0.325 e. The molecule has 0 saturated carbocycles. The summed E-state index contributed by atoms with van der Waals surface area (Å²) < 4.78 is 0. The molecule has 1 fully saturated rings. The fraction of sp³-hybridized carbons (Fsp3) is 0.500. The molecule has 1 aliphatic heterocycles. The lowest BCUT2D eigenvalue weighted by Gasteiger charge is -2.33. The lowest BCUT2D eigenvalue weighted by molar-refractivity contribution is 0.161. The normalized spacial score (nSPS) is 18.4. The summed E-state index contributed by atoms with van der Waals surface area (Å²) in [6.07, 6.45) is 4.72.